The summed E-state index contributed by atoms with van der Waals surface area (Å²) in [5, 5.41) is -0.0455. The highest BCUT2D eigenvalue weighted by atomic mass is 32.3. The fourth-order valence-corrected chi connectivity index (χ4v) is 4.12. The van der Waals surface area contributed by atoms with E-state index < -0.39 is 22.0 Å². The summed E-state index contributed by atoms with van der Waals surface area (Å²) in [4.78, 5) is 0. The summed E-state index contributed by atoms with van der Waals surface area (Å²) in [6, 6.07) is 11.1. The number of rotatable bonds is 5. The molecule has 2 aromatic carbocycles. The summed E-state index contributed by atoms with van der Waals surface area (Å²) in [7, 11) is -4.33. The van der Waals surface area contributed by atoms with E-state index in [-0.39, 0.29) is 22.6 Å². The molecule has 0 aliphatic carbocycles. The van der Waals surface area contributed by atoms with Crippen LogP contribution in [0.3, 0.4) is 0 Å². The fourth-order valence-electron chi connectivity index (χ4n) is 2.16. The third-order valence-corrected chi connectivity index (χ3v) is 5.35. The lowest BCUT2D eigenvalue weighted by atomic mass is 10.2. The zero-order valence-electron chi connectivity index (χ0n) is 12.5. The van der Waals surface area contributed by atoms with Crippen LogP contribution >= 0.6 is 11.3 Å². The molecule has 0 bridgehead atoms. The number of fused-ring (bicyclic) bond motifs is 1. The Bertz CT molecular complexity index is 982. The van der Waals surface area contributed by atoms with Crippen LogP contribution in [0.4, 0.5) is 8.78 Å². The molecule has 4 nitrogen and oxygen atoms in total. The predicted octanol–water partition coefficient (Wildman–Crippen LogP) is 4.33. The van der Waals surface area contributed by atoms with Crippen molar-refractivity contribution in [2.75, 3.05) is 0 Å². The van der Waals surface area contributed by atoms with Gasteiger partial charge in [-0.3, -0.25) is 0 Å². The maximum Gasteiger partial charge on any atom is 0.450 e. The number of aryl methyl sites for hydroxylation is 1. The van der Waals surface area contributed by atoms with Crippen molar-refractivity contribution in [1.82, 2.24) is 0 Å². The molecule has 0 amide bonds. The zero-order valence-corrected chi connectivity index (χ0v) is 14.1. The van der Waals surface area contributed by atoms with Crippen molar-refractivity contribution in [3.8, 4) is 5.06 Å². The summed E-state index contributed by atoms with van der Waals surface area (Å²) in [5.74, 6) is -2.03. The lowest BCUT2D eigenvalue weighted by Gasteiger charge is -2.06. The average molecular weight is 370 g/mol. The second-order valence-electron chi connectivity index (χ2n) is 4.99. The Labute approximate surface area is 141 Å². The molecule has 1 aromatic heterocycles. The number of hydrogen-bond donors (Lipinski definition) is 0. The van der Waals surface area contributed by atoms with Crippen LogP contribution in [-0.2, 0) is 21.2 Å². The minimum absolute atomic E-state index is 0.00765. The first kappa shape index (κ1) is 16.8. The van der Waals surface area contributed by atoms with Crippen molar-refractivity contribution in [3.63, 3.8) is 0 Å². The highest BCUT2D eigenvalue weighted by Gasteiger charge is 2.22. The molecule has 24 heavy (non-hydrogen) atoms. The number of thiophene rings is 1. The molecule has 0 fully saturated rings. The Kier molecular flexibility index (Phi) is 4.53. The molecule has 8 heteroatoms. The highest BCUT2D eigenvalue weighted by molar-refractivity contribution is 7.82. The Morgan fingerprint density at radius 1 is 1.08 bits per heavy atom. The van der Waals surface area contributed by atoms with Gasteiger partial charge in [-0.05, 0) is 24.6 Å². The van der Waals surface area contributed by atoms with Crippen molar-refractivity contribution in [2.45, 2.75) is 13.5 Å². The monoisotopic (exact) mass is 370 g/mol. The van der Waals surface area contributed by atoms with Gasteiger partial charge >= 0.3 is 10.4 Å². The molecule has 0 saturated heterocycles. The first-order valence-electron chi connectivity index (χ1n) is 6.87. The molecular formula is C16H12F2O4S2. The Hall–Kier alpha value is -2.03. The van der Waals surface area contributed by atoms with Gasteiger partial charge in [0.15, 0.2) is 11.6 Å². The Morgan fingerprint density at radius 2 is 1.79 bits per heavy atom. The van der Waals surface area contributed by atoms with Crippen LogP contribution in [0, 0.1) is 18.6 Å². The van der Waals surface area contributed by atoms with Gasteiger partial charge in [-0.2, -0.15) is 8.42 Å². The van der Waals surface area contributed by atoms with E-state index in [0.29, 0.717) is 10.3 Å². The van der Waals surface area contributed by atoms with Crippen molar-refractivity contribution >= 4 is 31.8 Å². The van der Waals surface area contributed by atoms with Crippen LogP contribution < -0.4 is 4.18 Å². The van der Waals surface area contributed by atoms with Crippen molar-refractivity contribution < 1.29 is 25.6 Å². The van der Waals surface area contributed by atoms with Gasteiger partial charge in [0.25, 0.3) is 0 Å². The molecule has 0 aliphatic rings. The van der Waals surface area contributed by atoms with E-state index in [1.807, 2.05) is 0 Å². The summed E-state index contributed by atoms with van der Waals surface area (Å²) >= 11 is 0.907. The summed E-state index contributed by atoms with van der Waals surface area (Å²) in [6.07, 6.45) is 0. The van der Waals surface area contributed by atoms with E-state index in [1.54, 1.807) is 30.3 Å². The minimum atomic E-state index is -4.33. The molecule has 0 unspecified atom stereocenters. The number of benzene rings is 2. The van der Waals surface area contributed by atoms with Crippen LogP contribution in [0.1, 0.15) is 11.1 Å². The van der Waals surface area contributed by atoms with Crippen molar-refractivity contribution in [2.24, 2.45) is 0 Å². The number of halogens is 2. The van der Waals surface area contributed by atoms with Crippen LogP contribution in [0.5, 0.6) is 5.06 Å². The molecule has 0 N–H and O–H groups in total. The molecule has 0 radical (unpaired) electrons. The minimum Gasteiger partial charge on any atom is -0.350 e. The van der Waals surface area contributed by atoms with Crippen LogP contribution in [0.25, 0.3) is 10.1 Å². The standard InChI is InChI=1S/C16H12F2O4S2/c1-10-14-13(8-7-12(17)15(14)18)23-16(10)22-24(19,20)21-9-11-5-3-2-4-6-11/h2-8H,9H2,1H3. The summed E-state index contributed by atoms with van der Waals surface area (Å²) < 4.78 is 61.2. The van der Waals surface area contributed by atoms with Gasteiger partial charge in [-0.15, -0.1) is 0 Å². The van der Waals surface area contributed by atoms with Gasteiger partial charge in [0.05, 0.1) is 6.61 Å². The third kappa shape index (κ3) is 3.40. The summed E-state index contributed by atoms with van der Waals surface area (Å²) in [6.45, 7) is 1.28. The van der Waals surface area contributed by atoms with E-state index in [0.717, 1.165) is 17.4 Å². The third-order valence-electron chi connectivity index (χ3n) is 3.33. The van der Waals surface area contributed by atoms with Crippen LogP contribution in [0.15, 0.2) is 42.5 Å². The molecule has 3 rings (SSSR count). The van der Waals surface area contributed by atoms with Gasteiger partial charge < -0.3 is 4.18 Å². The van der Waals surface area contributed by atoms with Crippen LogP contribution in [-0.4, -0.2) is 8.42 Å². The first-order chi connectivity index (χ1) is 11.4. The lowest BCUT2D eigenvalue weighted by molar-refractivity contribution is 0.265. The molecule has 126 valence electrons. The Balaban J connectivity index is 1.83. The molecular weight excluding hydrogens is 358 g/mol. The van der Waals surface area contributed by atoms with E-state index in [9.17, 15) is 17.2 Å². The van der Waals surface area contributed by atoms with Gasteiger partial charge in [0, 0.05) is 15.6 Å². The van der Waals surface area contributed by atoms with Crippen molar-refractivity contribution in [3.05, 3.63) is 65.2 Å². The SMILES string of the molecule is Cc1c(OS(=O)(=O)OCc2ccccc2)sc2ccc(F)c(F)c12. The predicted molar refractivity (Wildman–Crippen MR) is 87.3 cm³/mol. The molecule has 0 saturated carbocycles. The van der Waals surface area contributed by atoms with E-state index in [4.69, 9.17) is 8.37 Å². The summed E-state index contributed by atoms with van der Waals surface area (Å²) in [5.41, 5.74) is 0.865. The topological polar surface area (TPSA) is 52.6 Å². The second kappa shape index (κ2) is 6.46. The first-order valence-corrected chi connectivity index (χ1v) is 9.02. The van der Waals surface area contributed by atoms with Gasteiger partial charge in [-0.25, -0.2) is 13.0 Å². The maximum absolute atomic E-state index is 13.9. The van der Waals surface area contributed by atoms with Gasteiger partial charge in [0.1, 0.15) is 0 Å². The molecule has 3 aromatic rings. The smallest absolute Gasteiger partial charge is 0.350 e. The molecule has 0 aliphatic heterocycles. The zero-order chi connectivity index (χ0) is 17.3. The number of hydrogen-bond acceptors (Lipinski definition) is 5. The molecule has 0 spiro atoms. The molecule has 0 atom stereocenters. The Morgan fingerprint density at radius 3 is 2.50 bits per heavy atom. The van der Waals surface area contributed by atoms with Gasteiger partial charge in [0.2, 0.25) is 5.06 Å². The van der Waals surface area contributed by atoms with Gasteiger partial charge in [-0.1, -0.05) is 41.7 Å². The molecule has 1 heterocycles. The average Bonchev–Trinajstić information content (AvgIpc) is 2.86. The largest absolute Gasteiger partial charge is 0.450 e. The highest BCUT2D eigenvalue weighted by Crippen LogP contribution is 2.39. The van der Waals surface area contributed by atoms with Crippen molar-refractivity contribution in [1.29, 1.82) is 0 Å². The second-order valence-corrected chi connectivity index (χ2v) is 7.22. The van der Waals surface area contributed by atoms with E-state index in [2.05, 4.69) is 0 Å². The lowest BCUT2D eigenvalue weighted by Crippen LogP contribution is -2.13. The van der Waals surface area contributed by atoms with E-state index in [1.165, 1.54) is 13.0 Å². The fraction of sp³-hybridized carbons (Fsp3) is 0.125. The quantitative estimate of drug-likeness (QED) is 0.671. The van der Waals surface area contributed by atoms with E-state index >= 15 is 0 Å². The normalized spacial score (nSPS) is 11.8. The maximum atomic E-state index is 13.9. The van der Waals surface area contributed by atoms with Crippen LogP contribution in [0.2, 0.25) is 0 Å².